The van der Waals surface area contributed by atoms with Crippen LogP contribution in [-0.4, -0.2) is 16.7 Å². The van der Waals surface area contributed by atoms with E-state index in [1.807, 2.05) is 0 Å². The van der Waals surface area contributed by atoms with Crippen molar-refractivity contribution in [2.45, 2.75) is 76.7 Å². The van der Waals surface area contributed by atoms with Crippen molar-refractivity contribution in [1.29, 1.82) is 0 Å². The van der Waals surface area contributed by atoms with Crippen LogP contribution in [0.4, 0.5) is 0 Å². The molecule has 0 amide bonds. The van der Waals surface area contributed by atoms with E-state index in [9.17, 15) is 0 Å². The molecule has 1 atom stereocenters. The molecule has 0 spiro atoms. The van der Waals surface area contributed by atoms with Crippen molar-refractivity contribution in [2.24, 2.45) is 5.92 Å². The van der Waals surface area contributed by atoms with Gasteiger partial charge < -0.3 is 9.84 Å². The number of piperidine rings is 1. The van der Waals surface area contributed by atoms with Crippen LogP contribution in [0.2, 0.25) is 0 Å². The minimum absolute atomic E-state index is 0.293. The normalized spacial score (nSPS) is 31.4. The van der Waals surface area contributed by atoms with E-state index >= 15 is 0 Å². The summed E-state index contributed by atoms with van der Waals surface area (Å²) in [5, 5.41) is 7.74. The van der Waals surface area contributed by atoms with Gasteiger partial charge in [-0.25, -0.2) is 0 Å². The highest BCUT2D eigenvalue weighted by atomic mass is 16.5. The Morgan fingerprint density at radius 1 is 1.15 bits per heavy atom. The van der Waals surface area contributed by atoms with Gasteiger partial charge in [0.1, 0.15) is 0 Å². The second-order valence-electron chi connectivity index (χ2n) is 6.50. The van der Waals surface area contributed by atoms with Gasteiger partial charge in [-0.1, -0.05) is 31.3 Å². The molecule has 0 radical (unpaired) electrons. The van der Waals surface area contributed by atoms with Gasteiger partial charge >= 0.3 is 0 Å². The topological polar surface area (TPSA) is 51.0 Å². The molecule has 1 N–H and O–H groups in total. The van der Waals surface area contributed by atoms with Crippen molar-refractivity contribution in [3.8, 4) is 0 Å². The van der Waals surface area contributed by atoms with E-state index in [4.69, 9.17) is 4.52 Å². The Bertz CT molecular complexity index is 404. The summed E-state index contributed by atoms with van der Waals surface area (Å²) in [6.45, 7) is 3.36. The molecule has 1 aliphatic carbocycles. The molecule has 1 unspecified atom stereocenters. The zero-order chi connectivity index (χ0) is 13.8. The quantitative estimate of drug-likeness (QED) is 0.905. The average Bonchev–Trinajstić information content (AvgIpc) is 2.99. The highest BCUT2D eigenvalue weighted by Crippen LogP contribution is 2.36. The predicted molar refractivity (Wildman–Crippen MR) is 78.5 cm³/mol. The molecular weight excluding hydrogens is 250 g/mol. The number of hydrogen-bond acceptors (Lipinski definition) is 4. The van der Waals surface area contributed by atoms with Crippen molar-refractivity contribution >= 4 is 0 Å². The third kappa shape index (κ3) is 3.22. The number of aromatic nitrogens is 2. The van der Waals surface area contributed by atoms with E-state index in [2.05, 4.69) is 22.4 Å². The molecule has 1 saturated carbocycles. The first-order chi connectivity index (χ1) is 9.86. The van der Waals surface area contributed by atoms with Crippen LogP contribution < -0.4 is 5.32 Å². The molecule has 2 aliphatic rings. The van der Waals surface area contributed by atoms with E-state index in [1.54, 1.807) is 0 Å². The molecule has 20 heavy (non-hydrogen) atoms. The standard InChI is InChI=1S/C16H27N3O/c1-2-5-12-7-9-13(10-8-12)15-18-16(20-19-15)14-6-3-4-11-17-14/h12-14,17H,2-11H2,1H3. The first-order valence-corrected chi connectivity index (χ1v) is 8.43. The van der Waals surface area contributed by atoms with Crippen molar-refractivity contribution < 1.29 is 4.52 Å². The predicted octanol–water partition coefficient (Wildman–Crippen LogP) is 3.96. The second kappa shape index (κ2) is 6.70. The first kappa shape index (κ1) is 14.1. The van der Waals surface area contributed by atoms with Crippen LogP contribution in [-0.2, 0) is 0 Å². The van der Waals surface area contributed by atoms with E-state index < -0.39 is 0 Å². The van der Waals surface area contributed by atoms with Crippen molar-refractivity contribution in [1.82, 2.24) is 15.5 Å². The zero-order valence-electron chi connectivity index (χ0n) is 12.6. The molecular formula is C16H27N3O. The molecule has 1 aromatic rings. The van der Waals surface area contributed by atoms with Gasteiger partial charge in [0, 0.05) is 5.92 Å². The highest BCUT2D eigenvalue weighted by molar-refractivity contribution is 5.01. The van der Waals surface area contributed by atoms with Gasteiger partial charge in [0.05, 0.1) is 6.04 Å². The Kier molecular flexibility index (Phi) is 4.71. The summed E-state index contributed by atoms with van der Waals surface area (Å²) in [6, 6.07) is 0.293. The molecule has 2 fully saturated rings. The van der Waals surface area contributed by atoms with Crippen LogP contribution in [0.15, 0.2) is 4.52 Å². The number of nitrogens with one attached hydrogen (secondary N) is 1. The van der Waals surface area contributed by atoms with Crippen molar-refractivity contribution in [2.75, 3.05) is 6.54 Å². The third-order valence-electron chi connectivity index (χ3n) is 4.97. The largest absolute Gasteiger partial charge is 0.338 e. The van der Waals surface area contributed by atoms with Crippen molar-refractivity contribution in [3.63, 3.8) is 0 Å². The maximum absolute atomic E-state index is 5.51. The molecule has 112 valence electrons. The lowest BCUT2D eigenvalue weighted by molar-refractivity contribution is 0.283. The van der Waals surface area contributed by atoms with Crippen molar-refractivity contribution in [3.05, 3.63) is 11.7 Å². The Labute approximate surface area is 121 Å². The Hall–Kier alpha value is -0.900. The lowest BCUT2D eigenvalue weighted by atomic mass is 9.80. The minimum Gasteiger partial charge on any atom is -0.338 e. The fourth-order valence-corrected chi connectivity index (χ4v) is 3.73. The van der Waals surface area contributed by atoms with Crippen LogP contribution in [0.1, 0.15) is 88.4 Å². The Morgan fingerprint density at radius 3 is 2.70 bits per heavy atom. The average molecular weight is 277 g/mol. The molecule has 4 heteroatoms. The van der Waals surface area contributed by atoms with E-state index in [0.717, 1.165) is 30.6 Å². The van der Waals surface area contributed by atoms with Gasteiger partial charge in [-0.2, -0.15) is 4.98 Å². The summed E-state index contributed by atoms with van der Waals surface area (Å²) in [5.74, 6) is 3.24. The summed E-state index contributed by atoms with van der Waals surface area (Å²) in [5.41, 5.74) is 0. The number of rotatable bonds is 4. The minimum atomic E-state index is 0.293. The lowest BCUT2D eigenvalue weighted by Gasteiger charge is -2.26. The van der Waals surface area contributed by atoms with Crippen LogP contribution in [0.3, 0.4) is 0 Å². The first-order valence-electron chi connectivity index (χ1n) is 8.43. The van der Waals surface area contributed by atoms with Gasteiger partial charge in [-0.3, -0.25) is 0 Å². The fourth-order valence-electron chi connectivity index (χ4n) is 3.73. The molecule has 4 nitrogen and oxygen atoms in total. The molecule has 3 rings (SSSR count). The van der Waals surface area contributed by atoms with Gasteiger partial charge in [0.2, 0.25) is 5.89 Å². The van der Waals surface area contributed by atoms with Gasteiger partial charge in [-0.15, -0.1) is 0 Å². The molecule has 0 aromatic carbocycles. The zero-order valence-corrected chi connectivity index (χ0v) is 12.6. The molecule has 0 bridgehead atoms. The molecule has 1 saturated heterocycles. The summed E-state index contributed by atoms with van der Waals surface area (Å²) in [7, 11) is 0. The highest BCUT2D eigenvalue weighted by Gasteiger charge is 2.27. The SMILES string of the molecule is CCCC1CCC(c2noc(C3CCCCN3)n2)CC1. The fraction of sp³-hybridized carbons (Fsp3) is 0.875. The van der Waals surface area contributed by atoms with Crippen LogP contribution in [0.25, 0.3) is 0 Å². The van der Waals surface area contributed by atoms with Crippen LogP contribution in [0, 0.1) is 5.92 Å². The summed E-state index contributed by atoms with van der Waals surface area (Å²) < 4.78 is 5.51. The third-order valence-corrected chi connectivity index (χ3v) is 4.97. The maximum atomic E-state index is 5.51. The van der Waals surface area contributed by atoms with Gasteiger partial charge in [-0.05, 0) is 51.0 Å². The Balaban J connectivity index is 1.57. The van der Waals surface area contributed by atoms with Crippen LogP contribution >= 0.6 is 0 Å². The number of hydrogen-bond donors (Lipinski definition) is 1. The van der Waals surface area contributed by atoms with E-state index in [0.29, 0.717) is 12.0 Å². The molecule has 1 aromatic heterocycles. The molecule has 1 aliphatic heterocycles. The van der Waals surface area contributed by atoms with Crippen LogP contribution in [0.5, 0.6) is 0 Å². The maximum Gasteiger partial charge on any atom is 0.243 e. The lowest BCUT2D eigenvalue weighted by Crippen LogP contribution is -2.27. The smallest absolute Gasteiger partial charge is 0.243 e. The van der Waals surface area contributed by atoms with Gasteiger partial charge in [0.15, 0.2) is 5.82 Å². The monoisotopic (exact) mass is 277 g/mol. The Morgan fingerprint density at radius 2 is 2.00 bits per heavy atom. The summed E-state index contributed by atoms with van der Waals surface area (Å²) in [6.07, 6.45) is 11.5. The summed E-state index contributed by atoms with van der Waals surface area (Å²) in [4.78, 5) is 4.69. The second-order valence-corrected chi connectivity index (χ2v) is 6.50. The molecule has 2 heterocycles. The van der Waals surface area contributed by atoms with E-state index in [-0.39, 0.29) is 0 Å². The van der Waals surface area contributed by atoms with E-state index in [1.165, 1.54) is 51.4 Å². The summed E-state index contributed by atoms with van der Waals surface area (Å²) >= 11 is 0. The van der Waals surface area contributed by atoms with Gasteiger partial charge in [0.25, 0.3) is 0 Å². The number of nitrogens with zero attached hydrogens (tertiary/aromatic N) is 2.